The van der Waals surface area contributed by atoms with E-state index in [2.05, 4.69) is 0 Å². The van der Waals surface area contributed by atoms with E-state index in [0.717, 1.165) is 24.4 Å². The summed E-state index contributed by atoms with van der Waals surface area (Å²) in [5.41, 5.74) is 5.82. The van der Waals surface area contributed by atoms with Crippen molar-refractivity contribution >= 4 is 5.91 Å². The van der Waals surface area contributed by atoms with Crippen LogP contribution < -0.4 is 5.73 Å². The molecule has 0 aromatic carbocycles. The van der Waals surface area contributed by atoms with E-state index in [1.54, 1.807) is 0 Å². The van der Waals surface area contributed by atoms with Gasteiger partial charge in [0, 0.05) is 6.04 Å². The fourth-order valence-corrected chi connectivity index (χ4v) is 1.90. The standard InChI is InChI=1S/C13H20N2O2/c1-3-12(14)13(16)15(10-5-6-10)8-11-7-4-9(2)17-11/h4,7,10,12H,3,5-6,8,14H2,1-2H3/t12-/m1/s1. The molecule has 0 saturated heterocycles. The predicted molar refractivity (Wildman–Crippen MR) is 65.3 cm³/mol. The van der Waals surface area contributed by atoms with Crippen LogP contribution in [0.15, 0.2) is 16.5 Å². The molecule has 1 amide bonds. The highest BCUT2D eigenvalue weighted by atomic mass is 16.3. The lowest BCUT2D eigenvalue weighted by molar-refractivity contribution is -0.134. The molecule has 1 aromatic heterocycles. The van der Waals surface area contributed by atoms with E-state index in [1.807, 2.05) is 30.9 Å². The van der Waals surface area contributed by atoms with Crippen molar-refractivity contribution in [3.05, 3.63) is 23.7 Å². The van der Waals surface area contributed by atoms with Crippen molar-refractivity contribution in [1.29, 1.82) is 0 Å². The van der Waals surface area contributed by atoms with Crippen molar-refractivity contribution in [1.82, 2.24) is 4.90 Å². The molecule has 2 rings (SSSR count). The van der Waals surface area contributed by atoms with Crippen molar-refractivity contribution in [2.24, 2.45) is 5.73 Å². The van der Waals surface area contributed by atoms with Gasteiger partial charge in [-0.25, -0.2) is 0 Å². The average molecular weight is 236 g/mol. The van der Waals surface area contributed by atoms with E-state index in [-0.39, 0.29) is 11.9 Å². The molecule has 0 radical (unpaired) electrons. The summed E-state index contributed by atoms with van der Waals surface area (Å²) in [6.45, 7) is 4.39. The third-order valence-corrected chi connectivity index (χ3v) is 3.15. The summed E-state index contributed by atoms with van der Waals surface area (Å²) in [5.74, 6) is 1.76. The smallest absolute Gasteiger partial charge is 0.240 e. The molecule has 17 heavy (non-hydrogen) atoms. The number of carbonyl (C=O) groups is 1. The molecule has 94 valence electrons. The minimum absolute atomic E-state index is 0.0454. The second-order valence-corrected chi connectivity index (χ2v) is 4.72. The molecule has 0 spiro atoms. The van der Waals surface area contributed by atoms with Gasteiger partial charge in [-0.05, 0) is 38.3 Å². The predicted octanol–water partition coefficient (Wildman–Crippen LogP) is 1.82. The minimum atomic E-state index is -0.383. The van der Waals surface area contributed by atoms with Gasteiger partial charge in [0.2, 0.25) is 5.91 Å². The van der Waals surface area contributed by atoms with Crippen molar-refractivity contribution in [3.63, 3.8) is 0 Å². The van der Waals surface area contributed by atoms with E-state index in [4.69, 9.17) is 10.2 Å². The zero-order valence-electron chi connectivity index (χ0n) is 10.5. The van der Waals surface area contributed by atoms with Crippen LogP contribution in [0.25, 0.3) is 0 Å². The third-order valence-electron chi connectivity index (χ3n) is 3.15. The summed E-state index contributed by atoms with van der Waals surface area (Å²) >= 11 is 0. The van der Waals surface area contributed by atoms with Gasteiger partial charge in [-0.15, -0.1) is 0 Å². The van der Waals surface area contributed by atoms with Gasteiger partial charge < -0.3 is 15.1 Å². The summed E-state index contributed by atoms with van der Waals surface area (Å²) < 4.78 is 5.52. The van der Waals surface area contributed by atoms with Crippen molar-refractivity contribution in [2.75, 3.05) is 0 Å². The molecule has 2 N–H and O–H groups in total. The van der Waals surface area contributed by atoms with Gasteiger partial charge in [-0.2, -0.15) is 0 Å². The van der Waals surface area contributed by atoms with E-state index in [0.29, 0.717) is 19.0 Å². The van der Waals surface area contributed by atoms with Crippen LogP contribution in [0.2, 0.25) is 0 Å². The minimum Gasteiger partial charge on any atom is -0.464 e. The van der Waals surface area contributed by atoms with Crippen LogP contribution in [-0.4, -0.2) is 22.9 Å². The van der Waals surface area contributed by atoms with Crippen LogP contribution in [0, 0.1) is 6.92 Å². The van der Waals surface area contributed by atoms with E-state index < -0.39 is 0 Å². The molecular weight excluding hydrogens is 216 g/mol. The van der Waals surface area contributed by atoms with Crippen LogP contribution in [0.4, 0.5) is 0 Å². The summed E-state index contributed by atoms with van der Waals surface area (Å²) in [4.78, 5) is 14.0. The number of nitrogens with two attached hydrogens (primary N) is 1. The zero-order valence-corrected chi connectivity index (χ0v) is 10.5. The van der Waals surface area contributed by atoms with E-state index >= 15 is 0 Å². The molecule has 4 nitrogen and oxygen atoms in total. The highest BCUT2D eigenvalue weighted by Crippen LogP contribution is 2.29. The first-order valence-electron chi connectivity index (χ1n) is 6.23. The Hall–Kier alpha value is -1.29. The Bertz CT molecular complexity index is 396. The van der Waals surface area contributed by atoms with Gasteiger partial charge in [0.1, 0.15) is 11.5 Å². The van der Waals surface area contributed by atoms with Crippen molar-refractivity contribution in [3.8, 4) is 0 Å². The van der Waals surface area contributed by atoms with Gasteiger partial charge >= 0.3 is 0 Å². The molecule has 1 aromatic rings. The Morgan fingerprint density at radius 1 is 1.59 bits per heavy atom. The first-order valence-corrected chi connectivity index (χ1v) is 6.23. The number of furan rings is 1. The van der Waals surface area contributed by atoms with Gasteiger partial charge in [0.25, 0.3) is 0 Å². The SMILES string of the molecule is CC[C@@H](N)C(=O)N(Cc1ccc(C)o1)C1CC1. The van der Waals surface area contributed by atoms with Crippen LogP contribution in [0.5, 0.6) is 0 Å². The molecule has 0 bridgehead atoms. The van der Waals surface area contributed by atoms with Crippen molar-refractivity contribution in [2.45, 2.75) is 51.7 Å². The number of nitrogens with zero attached hydrogens (tertiary/aromatic N) is 1. The Morgan fingerprint density at radius 3 is 2.76 bits per heavy atom. The fourth-order valence-electron chi connectivity index (χ4n) is 1.90. The van der Waals surface area contributed by atoms with E-state index in [1.165, 1.54) is 0 Å². The quantitative estimate of drug-likeness (QED) is 0.848. The Balaban J connectivity index is 2.05. The Kier molecular flexibility index (Phi) is 3.52. The number of rotatable bonds is 5. The maximum Gasteiger partial charge on any atom is 0.240 e. The highest BCUT2D eigenvalue weighted by molar-refractivity contribution is 5.82. The van der Waals surface area contributed by atoms with Gasteiger partial charge in [0.15, 0.2) is 0 Å². The molecule has 1 saturated carbocycles. The largest absolute Gasteiger partial charge is 0.464 e. The lowest BCUT2D eigenvalue weighted by Gasteiger charge is -2.24. The highest BCUT2D eigenvalue weighted by Gasteiger charge is 2.34. The molecule has 1 aliphatic rings. The lowest BCUT2D eigenvalue weighted by atomic mass is 10.2. The second-order valence-electron chi connectivity index (χ2n) is 4.72. The first kappa shape index (κ1) is 12.2. The van der Waals surface area contributed by atoms with Gasteiger partial charge in [-0.3, -0.25) is 4.79 Å². The summed E-state index contributed by atoms with van der Waals surface area (Å²) in [6, 6.07) is 3.83. The fraction of sp³-hybridized carbons (Fsp3) is 0.615. The van der Waals surface area contributed by atoms with Crippen LogP contribution in [-0.2, 0) is 11.3 Å². The normalized spacial score (nSPS) is 16.9. The van der Waals surface area contributed by atoms with Gasteiger partial charge in [-0.1, -0.05) is 6.92 Å². The van der Waals surface area contributed by atoms with E-state index in [9.17, 15) is 4.79 Å². The summed E-state index contributed by atoms with van der Waals surface area (Å²) in [7, 11) is 0. The molecule has 4 heteroatoms. The average Bonchev–Trinajstić information content (AvgIpc) is 3.08. The molecule has 1 fully saturated rings. The monoisotopic (exact) mass is 236 g/mol. The number of hydrogen-bond donors (Lipinski definition) is 1. The molecule has 1 aliphatic carbocycles. The molecule has 1 atom stereocenters. The zero-order chi connectivity index (χ0) is 12.4. The molecular formula is C13H20N2O2. The molecule has 0 aliphatic heterocycles. The lowest BCUT2D eigenvalue weighted by Crippen LogP contribution is -2.44. The third kappa shape index (κ3) is 2.88. The maximum absolute atomic E-state index is 12.1. The maximum atomic E-state index is 12.1. The topological polar surface area (TPSA) is 59.5 Å². The summed E-state index contributed by atoms with van der Waals surface area (Å²) in [6.07, 6.45) is 2.85. The molecule has 1 heterocycles. The first-order chi connectivity index (χ1) is 8.11. The number of carbonyl (C=O) groups excluding carboxylic acids is 1. The van der Waals surface area contributed by atoms with Gasteiger partial charge in [0.05, 0.1) is 12.6 Å². The Labute approximate surface area is 102 Å². The number of aryl methyl sites for hydroxylation is 1. The van der Waals surface area contributed by atoms with Crippen LogP contribution >= 0.6 is 0 Å². The van der Waals surface area contributed by atoms with Crippen LogP contribution in [0.1, 0.15) is 37.7 Å². The number of hydrogen-bond acceptors (Lipinski definition) is 3. The van der Waals surface area contributed by atoms with Crippen LogP contribution in [0.3, 0.4) is 0 Å². The number of amides is 1. The van der Waals surface area contributed by atoms with Crippen molar-refractivity contribution < 1.29 is 9.21 Å². The Morgan fingerprint density at radius 2 is 2.29 bits per heavy atom. The summed E-state index contributed by atoms with van der Waals surface area (Å²) in [5, 5.41) is 0. The second kappa shape index (κ2) is 4.92. The molecule has 0 unspecified atom stereocenters.